The number of aliphatic imine (C=N–C) groups is 1. The zero-order valence-corrected chi connectivity index (χ0v) is 53.6. The summed E-state index contributed by atoms with van der Waals surface area (Å²) in [4.78, 5) is 93.8. The molecule has 3 aromatic carbocycles. The smallest absolute Gasteiger partial charge is 0.418 e. The number of hydrogen-bond donors (Lipinski definition) is 9. The van der Waals surface area contributed by atoms with Gasteiger partial charge in [0.15, 0.2) is 0 Å². The first-order valence-electron chi connectivity index (χ1n) is 28.3. The van der Waals surface area contributed by atoms with Crippen molar-refractivity contribution in [3.05, 3.63) is 65.2 Å². The fourth-order valence-electron chi connectivity index (χ4n) is 7.26. The SMILES string of the molecule is CC(C)(C)OC(=O)NCCCc1cc(NC(=O)Nc2cc(C(F)(F)F)cc(NC(=O)CCCCN=C(NC(=O)OC(C)(C)C)NC(=O)OC(C)(C)C)c2SCCNC(=O)OC(C)(C)C)ccc1Oc1ccc(NCCNC(=O)OC(C)(C)C)c(C(F)(F)F)c1. The molecule has 3 aromatic rings. The number of thioether (sulfide) groups is 1. The number of alkyl halides is 6. The van der Waals surface area contributed by atoms with Crippen LogP contribution >= 0.6 is 11.8 Å². The summed E-state index contributed by atoms with van der Waals surface area (Å²) in [5.41, 5.74) is -7.40. The Morgan fingerprint density at radius 1 is 0.506 bits per heavy atom. The molecular weight excluding hydrogens is 1200 g/mol. The standard InChI is InChI=1S/C59H84F6N10O13S/c1-53(2,3)84-48(78)68-26-18-19-35-31-37(21-24-43(35)83-38-22-23-40(39(34-38)59(63,64)65)66-27-28-69-49(79)85-54(4,5)6)71-47(77)73-42-33-36(58(60,61)62)32-41(45(42)89-30-29-70-50(80)86-55(7,8)9)72-44(76)20-16-17-25-67-46(74-51(81)87-56(10,11)12)75-52(82)88-57(13,14)15/h21-24,31-34,66H,16-20,25-30H2,1-15H3,(H,68,78)(H,69,79)(H,70,80)(H,72,76)(H2,71,73,77)(H2,67,74,75,81,82). The number of unbranched alkanes of at least 4 members (excludes halogenated alkanes) is 1. The van der Waals surface area contributed by atoms with Crippen molar-refractivity contribution in [2.24, 2.45) is 4.99 Å². The van der Waals surface area contributed by atoms with Crippen molar-refractivity contribution in [3.63, 3.8) is 0 Å². The van der Waals surface area contributed by atoms with E-state index >= 15 is 0 Å². The van der Waals surface area contributed by atoms with Crippen molar-refractivity contribution in [3.8, 4) is 11.5 Å². The number of anilines is 4. The predicted octanol–water partition coefficient (Wildman–Crippen LogP) is 13.7. The highest BCUT2D eigenvalue weighted by atomic mass is 32.2. The van der Waals surface area contributed by atoms with Gasteiger partial charge in [-0.15, -0.1) is 11.8 Å². The highest BCUT2D eigenvalue weighted by Gasteiger charge is 2.35. The molecule has 23 nitrogen and oxygen atoms in total. The number of carbonyl (C=O) groups excluding carboxylic acids is 7. The number of urea groups is 1. The Hall–Kier alpha value is -8.05. The minimum Gasteiger partial charge on any atom is -0.457 e. The number of nitrogens with zero attached hydrogens (tertiary/aromatic N) is 1. The van der Waals surface area contributed by atoms with Crippen LogP contribution in [0, 0.1) is 0 Å². The molecule has 0 bridgehead atoms. The summed E-state index contributed by atoms with van der Waals surface area (Å²) >= 11 is 0.875. The lowest BCUT2D eigenvalue weighted by Gasteiger charge is -2.22. The molecule has 0 aliphatic rings. The maximum atomic E-state index is 14.7. The van der Waals surface area contributed by atoms with E-state index in [0.717, 1.165) is 23.9 Å². The molecule has 0 radical (unpaired) electrons. The first-order chi connectivity index (χ1) is 40.8. The van der Waals surface area contributed by atoms with Gasteiger partial charge in [0.05, 0.1) is 27.4 Å². The molecule has 0 atom stereocenters. The summed E-state index contributed by atoms with van der Waals surface area (Å²) in [5, 5.41) is 22.5. The second kappa shape index (κ2) is 32.4. The van der Waals surface area contributed by atoms with E-state index in [1.807, 2.05) is 0 Å². The van der Waals surface area contributed by atoms with Gasteiger partial charge >= 0.3 is 48.8 Å². The van der Waals surface area contributed by atoms with E-state index in [1.165, 1.54) is 24.3 Å². The first kappa shape index (κ1) is 75.2. The molecule has 9 N–H and O–H groups in total. The van der Waals surface area contributed by atoms with Gasteiger partial charge in [-0.1, -0.05) is 0 Å². The van der Waals surface area contributed by atoms with Gasteiger partial charge in [-0.3, -0.25) is 20.4 Å². The van der Waals surface area contributed by atoms with Gasteiger partial charge in [0, 0.05) is 56.3 Å². The minimum absolute atomic E-state index is 0.0244. The van der Waals surface area contributed by atoms with Gasteiger partial charge in [0.2, 0.25) is 11.9 Å². The summed E-state index contributed by atoms with van der Waals surface area (Å²) in [6, 6.07) is 7.53. The largest absolute Gasteiger partial charge is 0.457 e. The number of halogens is 6. The fourth-order valence-corrected chi connectivity index (χ4v) is 8.20. The van der Waals surface area contributed by atoms with Crippen molar-refractivity contribution in [1.82, 2.24) is 26.6 Å². The number of ether oxygens (including phenoxy) is 6. The molecule has 0 aliphatic heterocycles. The van der Waals surface area contributed by atoms with Crippen LogP contribution in [0.25, 0.3) is 0 Å². The van der Waals surface area contributed by atoms with Crippen molar-refractivity contribution < 1.29 is 88.3 Å². The van der Waals surface area contributed by atoms with Gasteiger partial charge in [-0.2, -0.15) is 26.3 Å². The van der Waals surface area contributed by atoms with Crippen LogP contribution in [0.2, 0.25) is 0 Å². The topological polar surface area (TPSA) is 295 Å². The van der Waals surface area contributed by atoms with Gasteiger partial charge in [-0.05, 0) is 184 Å². The predicted molar refractivity (Wildman–Crippen MR) is 326 cm³/mol. The van der Waals surface area contributed by atoms with Crippen LogP contribution in [-0.4, -0.2) is 115 Å². The molecule has 0 aliphatic carbocycles. The van der Waals surface area contributed by atoms with Crippen molar-refractivity contribution >= 4 is 82.9 Å². The third-order valence-corrected chi connectivity index (χ3v) is 11.7. The molecule has 0 unspecified atom stereocenters. The lowest BCUT2D eigenvalue weighted by molar-refractivity contribution is -0.138. The fraction of sp³-hybridized carbons (Fsp3) is 0.559. The Morgan fingerprint density at radius 2 is 1.01 bits per heavy atom. The van der Waals surface area contributed by atoms with Crippen LogP contribution in [0.5, 0.6) is 11.5 Å². The number of benzene rings is 3. The molecule has 0 aromatic heterocycles. The van der Waals surface area contributed by atoms with Crippen LogP contribution < -0.4 is 52.6 Å². The van der Waals surface area contributed by atoms with Crippen LogP contribution in [0.15, 0.2) is 58.4 Å². The number of hydrogen-bond acceptors (Lipinski definition) is 16. The summed E-state index contributed by atoms with van der Waals surface area (Å²) in [5.74, 6) is -1.30. The molecule has 30 heteroatoms. The van der Waals surface area contributed by atoms with E-state index in [2.05, 4.69) is 52.8 Å². The van der Waals surface area contributed by atoms with E-state index in [9.17, 15) is 59.9 Å². The number of alkyl carbamates (subject to hydrolysis) is 5. The normalized spacial score (nSPS) is 12.1. The molecule has 496 valence electrons. The average Bonchev–Trinajstić information content (AvgIpc) is 1.72. The van der Waals surface area contributed by atoms with E-state index in [4.69, 9.17) is 28.4 Å². The third-order valence-electron chi connectivity index (χ3n) is 10.5. The molecule has 3 rings (SSSR count). The van der Waals surface area contributed by atoms with Crippen molar-refractivity contribution in [2.45, 2.75) is 181 Å². The Morgan fingerprint density at radius 3 is 1.53 bits per heavy atom. The molecule has 0 heterocycles. The molecule has 89 heavy (non-hydrogen) atoms. The number of rotatable bonds is 22. The third kappa shape index (κ3) is 31.6. The maximum absolute atomic E-state index is 14.7. The lowest BCUT2D eigenvalue weighted by Crippen LogP contribution is -2.47. The van der Waals surface area contributed by atoms with Crippen molar-refractivity contribution in [2.75, 3.05) is 59.7 Å². The number of carbonyl (C=O) groups is 7. The quantitative estimate of drug-likeness (QED) is 0.0113. The zero-order chi connectivity index (χ0) is 67.3. The zero-order valence-electron chi connectivity index (χ0n) is 52.8. The Kier molecular flexibility index (Phi) is 27.4. The summed E-state index contributed by atoms with van der Waals surface area (Å²) < 4.78 is 120. The molecule has 8 amide bonds. The van der Waals surface area contributed by atoms with Crippen LogP contribution in [0.3, 0.4) is 0 Å². The molecule has 0 fully saturated rings. The van der Waals surface area contributed by atoms with Gasteiger partial charge in [-0.25, -0.2) is 28.8 Å². The molecule has 0 spiro atoms. The average molecular weight is 1290 g/mol. The molecular formula is C59H84F6N10O13S. The van der Waals surface area contributed by atoms with E-state index < -0.39 is 99.6 Å². The highest BCUT2D eigenvalue weighted by Crippen LogP contribution is 2.42. The van der Waals surface area contributed by atoms with E-state index in [1.54, 1.807) is 104 Å². The summed E-state index contributed by atoms with van der Waals surface area (Å²) in [6.45, 7) is 24.4. The van der Waals surface area contributed by atoms with Gasteiger partial charge in [0.25, 0.3) is 0 Å². The summed E-state index contributed by atoms with van der Waals surface area (Å²) in [6.07, 6.45) is -13.8. The number of amides is 8. The molecule has 0 saturated heterocycles. The van der Waals surface area contributed by atoms with Crippen LogP contribution in [0.1, 0.15) is 146 Å². The van der Waals surface area contributed by atoms with Crippen LogP contribution in [0.4, 0.5) is 77.9 Å². The molecule has 0 saturated carbocycles. The maximum Gasteiger partial charge on any atom is 0.418 e. The monoisotopic (exact) mass is 1290 g/mol. The lowest BCUT2D eigenvalue weighted by atomic mass is 10.1. The Balaban J connectivity index is 1.99. The Bertz CT molecular complexity index is 2930. The Labute approximate surface area is 518 Å². The van der Waals surface area contributed by atoms with Gasteiger partial charge < -0.3 is 65.6 Å². The van der Waals surface area contributed by atoms with Gasteiger partial charge in [0.1, 0.15) is 39.5 Å². The number of aryl methyl sites for hydroxylation is 1. The van der Waals surface area contributed by atoms with E-state index in [0.29, 0.717) is 17.7 Å². The number of nitrogens with one attached hydrogen (secondary N) is 9. The van der Waals surface area contributed by atoms with Crippen LogP contribution in [-0.2, 0) is 47.3 Å². The second-order valence-corrected chi connectivity index (χ2v) is 25.9. The minimum atomic E-state index is -5.02. The first-order valence-corrected chi connectivity index (χ1v) is 29.3. The van der Waals surface area contributed by atoms with E-state index in [-0.39, 0.29) is 110 Å². The highest BCUT2D eigenvalue weighted by molar-refractivity contribution is 7.99. The number of guanidine groups is 1. The second-order valence-electron chi connectivity index (χ2n) is 24.8. The van der Waals surface area contributed by atoms with Crippen molar-refractivity contribution in [1.29, 1.82) is 0 Å². The summed E-state index contributed by atoms with van der Waals surface area (Å²) in [7, 11) is 0.